The number of hydrogen-bond acceptors (Lipinski definition) is 6. The number of fused-ring (bicyclic) bond motifs is 1. The topological polar surface area (TPSA) is 82.4 Å². The molecule has 3 fully saturated rings. The number of piperazine rings is 1. The second-order valence-electron chi connectivity index (χ2n) is 10.2. The van der Waals surface area contributed by atoms with E-state index in [0.717, 1.165) is 56.5 Å². The lowest BCUT2D eigenvalue weighted by Gasteiger charge is -2.45. The molecule has 9 nitrogen and oxygen atoms in total. The van der Waals surface area contributed by atoms with Crippen molar-refractivity contribution in [2.75, 3.05) is 50.8 Å². The average Bonchev–Trinajstić information content (AvgIpc) is 3.24. The van der Waals surface area contributed by atoms with E-state index in [4.69, 9.17) is 4.74 Å². The Morgan fingerprint density at radius 2 is 2.00 bits per heavy atom. The predicted octanol–water partition coefficient (Wildman–Crippen LogP) is 2.35. The van der Waals surface area contributed by atoms with Gasteiger partial charge >= 0.3 is 6.03 Å². The first kappa shape index (κ1) is 23.3. The summed E-state index contributed by atoms with van der Waals surface area (Å²) in [5, 5.41) is 6.82. The number of aromatic nitrogens is 2. The quantitative estimate of drug-likeness (QED) is 0.701. The van der Waals surface area contributed by atoms with Crippen molar-refractivity contribution in [2.24, 2.45) is 11.8 Å². The molecule has 1 atom stereocenters. The Morgan fingerprint density at radius 1 is 1.18 bits per heavy atom. The largest absolute Gasteiger partial charge is 0.381 e. The van der Waals surface area contributed by atoms with Crippen molar-refractivity contribution in [1.82, 2.24) is 24.7 Å². The van der Waals surface area contributed by atoms with Crippen molar-refractivity contribution in [1.29, 1.82) is 0 Å². The number of ether oxygens (including phenoxy) is 1. The highest BCUT2D eigenvalue weighted by atomic mass is 16.5. The van der Waals surface area contributed by atoms with Crippen LogP contribution >= 0.6 is 0 Å². The van der Waals surface area contributed by atoms with Crippen LogP contribution in [0.5, 0.6) is 0 Å². The van der Waals surface area contributed by atoms with Crippen LogP contribution in [0.2, 0.25) is 0 Å². The Kier molecular flexibility index (Phi) is 6.85. The highest BCUT2D eigenvalue weighted by molar-refractivity contribution is 6.07. The third-order valence-electron chi connectivity index (χ3n) is 7.54. The summed E-state index contributed by atoms with van der Waals surface area (Å²) in [6.45, 7) is 12.1. The lowest BCUT2D eigenvalue weighted by Crippen LogP contribution is -2.56. The van der Waals surface area contributed by atoms with Gasteiger partial charge < -0.3 is 4.74 Å². The molecule has 3 aliphatic rings. The summed E-state index contributed by atoms with van der Waals surface area (Å²) in [7, 11) is 0. The lowest BCUT2D eigenvalue weighted by molar-refractivity contribution is -0.120. The second-order valence-corrected chi connectivity index (χ2v) is 10.2. The third-order valence-corrected chi connectivity index (χ3v) is 7.54. The summed E-state index contributed by atoms with van der Waals surface area (Å²) >= 11 is 0. The van der Waals surface area contributed by atoms with Crippen LogP contribution in [0, 0.1) is 11.8 Å². The molecule has 3 amide bonds. The second kappa shape index (κ2) is 10.0. The summed E-state index contributed by atoms with van der Waals surface area (Å²) < 4.78 is 7.35. The van der Waals surface area contributed by atoms with Gasteiger partial charge in [0.05, 0.1) is 17.4 Å². The average molecular weight is 469 g/mol. The minimum atomic E-state index is -0.378. The van der Waals surface area contributed by atoms with Gasteiger partial charge in [0, 0.05) is 71.1 Å². The Morgan fingerprint density at radius 3 is 2.76 bits per heavy atom. The fraction of sp³-hybridized carbons (Fsp3) is 0.640. The Bertz CT molecular complexity index is 1030. The van der Waals surface area contributed by atoms with Gasteiger partial charge in [-0.15, -0.1) is 0 Å². The van der Waals surface area contributed by atoms with E-state index in [9.17, 15) is 9.59 Å². The Balaban J connectivity index is 1.27. The molecular weight excluding hydrogens is 432 g/mol. The van der Waals surface area contributed by atoms with Crippen molar-refractivity contribution >= 4 is 23.1 Å². The Labute approximate surface area is 201 Å². The van der Waals surface area contributed by atoms with Crippen molar-refractivity contribution < 1.29 is 14.3 Å². The lowest BCUT2D eigenvalue weighted by atomic mass is 9.94. The summed E-state index contributed by atoms with van der Waals surface area (Å²) in [4.78, 5) is 30.8. The number of imide groups is 1. The van der Waals surface area contributed by atoms with Gasteiger partial charge in [-0.1, -0.05) is 13.8 Å². The standard InChI is InChI=1S/C25H36N6O3/c1-18(2)23-17-28(9-10-29(23)16-19-5-11-34-12-6-19)15-20-3-8-31-21(13-20)22(14-26-31)30-7-4-24(32)27-25(30)33/h3,8,13-14,18-19,23H,4-7,9-12,15-17H2,1-2H3,(H,27,32,33)/t23-/m1/s1. The van der Waals surface area contributed by atoms with Crippen LogP contribution in [0.4, 0.5) is 10.5 Å². The Hall–Kier alpha value is -2.49. The van der Waals surface area contributed by atoms with E-state index in [1.807, 2.05) is 6.20 Å². The van der Waals surface area contributed by atoms with Crippen molar-refractivity contribution in [2.45, 2.75) is 45.7 Å². The molecule has 9 heteroatoms. The van der Waals surface area contributed by atoms with E-state index in [1.54, 1.807) is 15.6 Å². The first-order chi connectivity index (χ1) is 16.5. The fourth-order valence-corrected chi connectivity index (χ4v) is 5.54. The SMILES string of the molecule is CC(C)[C@H]1CN(Cc2ccn3ncc(N4CCC(=O)NC4=O)c3c2)CCN1CC1CCOCC1. The number of pyridine rings is 1. The van der Waals surface area contributed by atoms with Crippen molar-refractivity contribution in [3.05, 3.63) is 30.1 Å². The minimum Gasteiger partial charge on any atom is -0.381 e. The zero-order valence-electron chi connectivity index (χ0n) is 20.3. The molecule has 2 aromatic rings. The molecule has 0 aliphatic carbocycles. The maximum Gasteiger partial charge on any atom is 0.328 e. The highest BCUT2D eigenvalue weighted by Crippen LogP contribution is 2.26. The smallest absolute Gasteiger partial charge is 0.328 e. The monoisotopic (exact) mass is 468 g/mol. The van der Waals surface area contributed by atoms with E-state index >= 15 is 0 Å². The molecule has 0 spiro atoms. The first-order valence-electron chi connectivity index (χ1n) is 12.6. The number of rotatable bonds is 6. The van der Waals surface area contributed by atoms with Crippen LogP contribution in [0.25, 0.3) is 5.52 Å². The van der Waals surface area contributed by atoms with Crippen molar-refractivity contribution in [3.63, 3.8) is 0 Å². The van der Waals surface area contributed by atoms with Gasteiger partial charge in [0.1, 0.15) is 0 Å². The van der Waals surface area contributed by atoms with Gasteiger partial charge in [0.25, 0.3) is 0 Å². The zero-order valence-corrected chi connectivity index (χ0v) is 20.3. The number of urea groups is 1. The van der Waals surface area contributed by atoms with Crippen LogP contribution in [-0.4, -0.2) is 83.3 Å². The van der Waals surface area contributed by atoms with Crippen LogP contribution < -0.4 is 10.2 Å². The number of carbonyl (C=O) groups excluding carboxylic acids is 2. The summed E-state index contributed by atoms with van der Waals surface area (Å²) in [5.74, 6) is 1.13. The molecule has 0 unspecified atom stereocenters. The van der Waals surface area contributed by atoms with E-state index in [1.165, 1.54) is 24.9 Å². The number of nitrogens with zero attached hydrogens (tertiary/aromatic N) is 5. The first-order valence-corrected chi connectivity index (χ1v) is 12.6. The minimum absolute atomic E-state index is 0.228. The van der Waals surface area contributed by atoms with Gasteiger partial charge in [-0.2, -0.15) is 5.10 Å². The number of carbonyl (C=O) groups is 2. The summed E-state index contributed by atoms with van der Waals surface area (Å²) in [6.07, 6.45) is 6.34. The molecule has 5 heterocycles. The molecule has 2 aromatic heterocycles. The fourth-order valence-electron chi connectivity index (χ4n) is 5.54. The van der Waals surface area contributed by atoms with Crippen LogP contribution in [-0.2, 0) is 16.1 Å². The third kappa shape index (κ3) is 4.96. The molecule has 0 radical (unpaired) electrons. The van der Waals surface area contributed by atoms with Gasteiger partial charge in [-0.25, -0.2) is 9.31 Å². The van der Waals surface area contributed by atoms with E-state index in [0.29, 0.717) is 24.9 Å². The van der Waals surface area contributed by atoms with Crippen LogP contribution in [0.1, 0.15) is 38.7 Å². The molecule has 1 N–H and O–H groups in total. The van der Waals surface area contributed by atoms with Crippen molar-refractivity contribution in [3.8, 4) is 0 Å². The molecule has 3 aliphatic heterocycles. The zero-order chi connectivity index (χ0) is 23.7. The summed E-state index contributed by atoms with van der Waals surface area (Å²) in [5.41, 5.74) is 2.84. The van der Waals surface area contributed by atoms with Gasteiger partial charge in [-0.05, 0) is 42.4 Å². The molecule has 5 rings (SSSR count). The molecule has 3 saturated heterocycles. The predicted molar refractivity (Wildman–Crippen MR) is 130 cm³/mol. The molecule has 0 saturated carbocycles. The number of anilines is 1. The number of amides is 3. The number of hydrogen-bond donors (Lipinski definition) is 1. The van der Waals surface area contributed by atoms with Gasteiger partial charge in [-0.3, -0.25) is 24.8 Å². The maximum atomic E-state index is 12.4. The molecular formula is C25H36N6O3. The van der Waals surface area contributed by atoms with E-state index < -0.39 is 0 Å². The van der Waals surface area contributed by atoms with Gasteiger partial charge in [0.2, 0.25) is 5.91 Å². The summed E-state index contributed by atoms with van der Waals surface area (Å²) in [6, 6.07) is 4.42. The number of nitrogens with one attached hydrogen (secondary N) is 1. The van der Waals surface area contributed by atoms with Crippen LogP contribution in [0.3, 0.4) is 0 Å². The van der Waals surface area contributed by atoms with E-state index in [-0.39, 0.29) is 11.9 Å². The van der Waals surface area contributed by atoms with Gasteiger partial charge in [0.15, 0.2) is 0 Å². The molecule has 0 aromatic carbocycles. The molecule has 34 heavy (non-hydrogen) atoms. The van der Waals surface area contributed by atoms with E-state index in [2.05, 4.69) is 46.2 Å². The highest BCUT2D eigenvalue weighted by Gasteiger charge is 2.31. The molecule has 184 valence electrons. The normalized spacial score (nSPS) is 23.7. The maximum absolute atomic E-state index is 12.4. The van der Waals surface area contributed by atoms with Crippen LogP contribution in [0.15, 0.2) is 24.5 Å². The molecule has 0 bridgehead atoms.